The van der Waals surface area contributed by atoms with Crippen molar-refractivity contribution in [2.45, 2.75) is 6.92 Å². The third-order valence-electron chi connectivity index (χ3n) is 4.06. The zero-order chi connectivity index (χ0) is 19.9. The van der Waals surface area contributed by atoms with Gasteiger partial charge in [-0.15, -0.1) is 11.3 Å². The minimum atomic E-state index is -0.267. The molecule has 2 amide bonds. The van der Waals surface area contributed by atoms with Crippen LogP contribution in [-0.4, -0.2) is 41.9 Å². The molecule has 0 aliphatic rings. The van der Waals surface area contributed by atoms with Crippen molar-refractivity contribution < 1.29 is 14.3 Å². The van der Waals surface area contributed by atoms with Crippen LogP contribution in [0.15, 0.2) is 54.6 Å². The number of benzene rings is 2. The minimum absolute atomic E-state index is 0.0310. The Hall–Kier alpha value is -3.19. The van der Waals surface area contributed by atoms with Crippen molar-refractivity contribution in [3.63, 3.8) is 0 Å². The van der Waals surface area contributed by atoms with Crippen molar-refractivity contribution in [3.05, 3.63) is 59.6 Å². The molecule has 7 heteroatoms. The average Bonchev–Trinajstić information content (AvgIpc) is 3.13. The number of fused-ring (bicyclic) bond motifs is 1. The Labute approximate surface area is 167 Å². The molecule has 0 spiro atoms. The van der Waals surface area contributed by atoms with Crippen LogP contribution in [0.4, 0.5) is 5.69 Å². The number of amides is 2. The number of nitrogens with zero attached hydrogens (tertiary/aromatic N) is 2. The van der Waals surface area contributed by atoms with Gasteiger partial charge in [-0.25, -0.2) is 4.98 Å². The van der Waals surface area contributed by atoms with E-state index in [1.807, 2.05) is 31.2 Å². The highest BCUT2D eigenvalue weighted by molar-refractivity contribution is 7.19. The Balaban J connectivity index is 1.61. The Morgan fingerprint density at radius 2 is 2.04 bits per heavy atom. The number of likely N-dealkylation sites (N-methyl/N-ethyl adjacent to an activating group) is 1. The second kappa shape index (κ2) is 9.14. The summed E-state index contributed by atoms with van der Waals surface area (Å²) in [6.45, 7) is 2.23. The van der Waals surface area contributed by atoms with Gasteiger partial charge < -0.3 is 15.0 Å². The van der Waals surface area contributed by atoms with Crippen LogP contribution in [0.2, 0.25) is 0 Å². The lowest BCUT2D eigenvalue weighted by molar-refractivity contribution is -0.130. The van der Waals surface area contributed by atoms with E-state index < -0.39 is 0 Å². The van der Waals surface area contributed by atoms with Crippen molar-refractivity contribution >= 4 is 45.1 Å². The van der Waals surface area contributed by atoms with E-state index in [2.05, 4.69) is 10.3 Å². The third-order valence-corrected chi connectivity index (χ3v) is 5.06. The van der Waals surface area contributed by atoms with Gasteiger partial charge in [0.15, 0.2) is 0 Å². The first-order valence-electron chi connectivity index (χ1n) is 8.85. The fourth-order valence-corrected chi connectivity index (χ4v) is 3.50. The maximum atomic E-state index is 12.5. The second-order valence-electron chi connectivity index (χ2n) is 5.99. The molecule has 0 radical (unpaired) electrons. The molecule has 0 bridgehead atoms. The largest absolute Gasteiger partial charge is 0.497 e. The molecule has 28 heavy (non-hydrogen) atoms. The predicted molar refractivity (Wildman–Crippen MR) is 113 cm³/mol. The summed E-state index contributed by atoms with van der Waals surface area (Å²) in [5.41, 5.74) is 1.53. The summed E-state index contributed by atoms with van der Waals surface area (Å²) in [4.78, 5) is 30.7. The van der Waals surface area contributed by atoms with Crippen LogP contribution in [0.5, 0.6) is 5.75 Å². The normalized spacial score (nSPS) is 10.9. The summed E-state index contributed by atoms with van der Waals surface area (Å²) >= 11 is 1.52. The van der Waals surface area contributed by atoms with Crippen LogP contribution in [0.1, 0.15) is 11.9 Å². The molecule has 0 fully saturated rings. The van der Waals surface area contributed by atoms with E-state index in [1.165, 1.54) is 22.3 Å². The second-order valence-corrected chi connectivity index (χ2v) is 7.05. The van der Waals surface area contributed by atoms with E-state index in [0.29, 0.717) is 18.0 Å². The van der Waals surface area contributed by atoms with Gasteiger partial charge >= 0.3 is 0 Å². The van der Waals surface area contributed by atoms with Crippen LogP contribution in [0.25, 0.3) is 16.3 Å². The number of carbonyl (C=O) groups excluding carboxylic acids is 2. The summed E-state index contributed by atoms with van der Waals surface area (Å²) in [6.07, 6.45) is 3.15. The molecule has 0 atom stereocenters. The monoisotopic (exact) mass is 395 g/mol. The maximum absolute atomic E-state index is 12.5. The van der Waals surface area contributed by atoms with Gasteiger partial charge in [-0.05, 0) is 37.3 Å². The van der Waals surface area contributed by atoms with Gasteiger partial charge in [-0.3, -0.25) is 9.59 Å². The number of aromatic nitrogens is 1. The molecule has 1 heterocycles. The lowest BCUT2D eigenvalue weighted by Gasteiger charge is -2.18. The van der Waals surface area contributed by atoms with Crippen LogP contribution < -0.4 is 10.1 Å². The summed E-state index contributed by atoms with van der Waals surface area (Å²) in [7, 11) is 1.57. The topological polar surface area (TPSA) is 71.5 Å². The Morgan fingerprint density at radius 1 is 1.21 bits per heavy atom. The highest BCUT2D eigenvalue weighted by Crippen LogP contribution is 2.22. The molecule has 6 nitrogen and oxygen atoms in total. The van der Waals surface area contributed by atoms with Gasteiger partial charge in [-0.1, -0.05) is 18.2 Å². The zero-order valence-electron chi connectivity index (χ0n) is 15.7. The number of anilines is 1. The number of para-hydroxylation sites is 1. The molecule has 3 rings (SSSR count). The SMILES string of the molecule is CCN(CC(=O)Nc1cccc(OC)c1)C(=O)C=Cc1nc2ccccc2s1. The van der Waals surface area contributed by atoms with E-state index >= 15 is 0 Å². The molecule has 0 aliphatic carbocycles. The molecule has 0 saturated carbocycles. The van der Waals surface area contributed by atoms with Crippen molar-refractivity contribution in [1.29, 1.82) is 0 Å². The first-order valence-corrected chi connectivity index (χ1v) is 9.67. The van der Waals surface area contributed by atoms with E-state index in [0.717, 1.165) is 15.2 Å². The molecule has 0 unspecified atom stereocenters. The van der Waals surface area contributed by atoms with E-state index in [4.69, 9.17) is 4.74 Å². The number of carbonyl (C=O) groups is 2. The molecular weight excluding hydrogens is 374 g/mol. The fraction of sp³-hybridized carbons (Fsp3) is 0.190. The first-order chi connectivity index (χ1) is 13.6. The Morgan fingerprint density at radius 3 is 2.79 bits per heavy atom. The number of ether oxygens (including phenoxy) is 1. The average molecular weight is 395 g/mol. The quantitative estimate of drug-likeness (QED) is 0.618. The van der Waals surface area contributed by atoms with E-state index in [9.17, 15) is 9.59 Å². The standard InChI is InChI=1S/C21H21N3O3S/c1-3-24(14-19(25)22-15-7-6-8-16(13-15)27-2)21(26)12-11-20-23-17-9-4-5-10-18(17)28-20/h4-13H,3,14H2,1-2H3,(H,22,25). The van der Waals surface area contributed by atoms with Gasteiger partial charge in [-0.2, -0.15) is 0 Å². The van der Waals surface area contributed by atoms with E-state index in [1.54, 1.807) is 37.5 Å². The van der Waals surface area contributed by atoms with Gasteiger partial charge in [0.2, 0.25) is 11.8 Å². The number of hydrogen-bond donors (Lipinski definition) is 1. The van der Waals surface area contributed by atoms with Crippen LogP contribution in [0, 0.1) is 0 Å². The Bertz CT molecular complexity index is 980. The summed E-state index contributed by atoms with van der Waals surface area (Å²) in [5, 5.41) is 3.54. The van der Waals surface area contributed by atoms with Crippen molar-refractivity contribution in [1.82, 2.24) is 9.88 Å². The molecule has 2 aromatic carbocycles. The fourth-order valence-electron chi connectivity index (χ4n) is 2.63. The number of rotatable bonds is 7. The predicted octanol–water partition coefficient (Wildman–Crippen LogP) is 3.81. The molecule has 1 N–H and O–H groups in total. The van der Waals surface area contributed by atoms with Gasteiger partial charge in [0.25, 0.3) is 0 Å². The number of methoxy groups -OCH3 is 1. The summed E-state index contributed by atoms with van der Waals surface area (Å²) < 4.78 is 6.21. The van der Waals surface area contributed by atoms with Gasteiger partial charge in [0.1, 0.15) is 17.3 Å². The van der Waals surface area contributed by atoms with Crippen LogP contribution in [0.3, 0.4) is 0 Å². The summed E-state index contributed by atoms with van der Waals surface area (Å²) in [5.74, 6) is 0.152. The molecular formula is C21H21N3O3S. The molecule has 3 aromatic rings. The summed E-state index contributed by atoms with van der Waals surface area (Å²) in [6, 6.07) is 14.9. The lowest BCUT2D eigenvalue weighted by Crippen LogP contribution is -2.36. The molecule has 1 aromatic heterocycles. The minimum Gasteiger partial charge on any atom is -0.497 e. The number of nitrogens with one attached hydrogen (secondary N) is 1. The van der Waals surface area contributed by atoms with Crippen LogP contribution >= 0.6 is 11.3 Å². The molecule has 0 aliphatic heterocycles. The van der Waals surface area contributed by atoms with Crippen molar-refractivity contribution in [2.75, 3.05) is 25.5 Å². The molecule has 144 valence electrons. The van der Waals surface area contributed by atoms with Gasteiger partial charge in [0, 0.05) is 24.4 Å². The first kappa shape index (κ1) is 19.6. The number of thiazole rings is 1. The highest BCUT2D eigenvalue weighted by atomic mass is 32.1. The highest BCUT2D eigenvalue weighted by Gasteiger charge is 2.14. The van der Waals surface area contributed by atoms with Crippen molar-refractivity contribution in [2.24, 2.45) is 0 Å². The van der Waals surface area contributed by atoms with Gasteiger partial charge in [0.05, 0.1) is 17.3 Å². The van der Waals surface area contributed by atoms with Crippen LogP contribution in [-0.2, 0) is 9.59 Å². The number of hydrogen-bond acceptors (Lipinski definition) is 5. The van der Waals surface area contributed by atoms with Crippen molar-refractivity contribution in [3.8, 4) is 5.75 Å². The zero-order valence-corrected chi connectivity index (χ0v) is 16.5. The Kier molecular flexibility index (Phi) is 6.39. The smallest absolute Gasteiger partial charge is 0.247 e. The molecule has 0 saturated heterocycles. The maximum Gasteiger partial charge on any atom is 0.247 e. The van der Waals surface area contributed by atoms with E-state index in [-0.39, 0.29) is 18.4 Å². The lowest BCUT2D eigenvalue weighted by atomic mass is 10.3. The third kappa shape index (κ3) is 4.95.